The third kappa shape index (κ3) is 7.93. The summed E-state index contributed by atoms with van der Waals surface area (Å²) in [5, 5.41) is 27.1. The van der Waals surface area contributed by atoms with Gasteiger partial charge in [-0.25, -0.2) is 14.0 Å². The van der Waals surface area contributed by atoms with Crippen molar-refractivity contribution in [2.24, 2.45) is 0 Å². The van der Waals surface area contributed by atoms with Crippen LogP contribution < -0.4 is 5.32 Å². The number of nitrogens with zero attached hydrogens (tertiary/aromatic N) is 5. The molecule has 3 aromatic rings. The second kappa shape index (κ2) is 13.0. The predicted octanol–water partition coefficient (Wildman–Crippen LogP) is 4.09. The van der Waals surface area contributed by atoms with Crippen LogP contribution in [0.3, 0.4) is 0 Å². The van der Waals surface area contributed by atoms with Crippen LogP contribution in [0.4, 0.5) is 30.7 Å². The van der Waals surface area contributed by atoms with E-state index in [4.69, 9.17) is 24.3 Å². The highest BCUT2D eigenvalue weighted by Gasteiger charge is 2.39. The molecule has 0 saturated carbocycles. The number of para-hydroxylation sites is 1. The van der Waals surface area contributed by atoms with Crippen molar-refractivity contribution in [1.29, 1.82) is 0 Å². The number of hydrogen-bond acceptors (Lipinski definition) is 8. The Bertz CT molecular complexity index is 1350. The Balaban J connectivity index is 0.000000289. The van der Waals surface area contributed by atoms with Crippen molar-refractivity contribution >= 4 is 22.8 Å². The van der Waals surface area contributed by atoms with E-state index in [1.54, 1.807) is 6.07 Å². The zero-order chi connectivity index (χ0) is 31.4. The second-order valence-corrected chi connectivity index (χ2v) is 9.75. The lowest BCUT2D eigenvalue weighted by atomic mass is 9.94. The van der Waals surface area contributed by atoms with Gasteiger partial charge in [0.25, 0.3) is 5.95 Å². The molecule has 0 aliphatic carbocycles. The molecule has 2 aliphatic heterocycles. The Hall–Kier alpha value is -3.80. The number of carboxylic acids is 2. The van der Waals surface area contributed by atoms with E-state index in [1.807, 2.05) is 19.9 Å². The molecule has 0 amide bonds. The molecule has 2 aliphatic rings. The van der Waals surface area contributed by atoms with Gasteiger partial charge >= 0.3 is 24.3 Å². The number of nitrogens with one attached hydrogen (secondary N) is 1. The van der Waals surface area contributed by atoms with Crippen molar-refractivity contribution in [1.82, 2.24) is 30.1 Å². The summed E-state index contributed by atoms with van der Waals surface area (Å²) in [7, 11) is 0. The lowest BCUT2D eigenvalue weighted by Crippen LogP contribution is -2.58. The van der Waals surface area contributed by atoms with Gasteiger partial charge in [-0.1, -0.05) is 26.0 Å². The van der Waals surface area contributed by atoms with E-state index in [-0.39, 0.29) is 17.7 Å². The van der Waals surface area contributed by atoms with Crippen LogP contribution in [-0.4, -0.2) is 91.5 Å². The molecule has 0 radical (unpaired) electrons. The zero-order valence-corrected chi connectivity index (χ0v) is 22.2. The van der Waals surface area contributed by atoms with Gasteiger partial charge in [0.05, 0.1) is 5.69 Å². The van der Waals surface area contributed by atoms with Gasteiger partial charge < -0.3 is 20.1 Å². The molecule has 5 rings (SSSR count). The van der Waals surface area contributed by atoms with E-state index in [0.29, 0.717) is 23.4 Å². The average molecular weight is 613 g/mol. The number of halogens is 7. The van der Waals surface area contributed by atoms with E-state index in [1.165, 1.54) is 10.7 Å². The molecule has 2 aromatic heterocycles. The first-order valence-corrected chi connectivity index (χ1v) is 12.6. The summed E-state index contributed by atoms with van der Waals surface area (Å²) in [6, 6.07) is 5.72. The van der Waals surface area contributed by atoms with Crippen LogP contribution in [0.25, 0.3) is 16.9 Å². The summed E-state index contributed by atoms with van der Waals surface area (Å²) in [5.74, 6) is -4.48. The van der Waals surface area contributed by atoms with Crippen molar-refractivity contribution in [3.63, 3.8) is 0 Å². The van der Waals surface area contributed by atoms with Gasteiger partial charge in [-0.05, 0) is 43.1 Å². The molecule has 2 fully saturated rings. The van der Waals surface area contributed by atoms with Gasteiger partial charge in [0.1, 0.15) is 11.3 Å². The molecular formula is C24H27F7N6O5. The fraction of sp³-hybridized carbons (Fsp3) is 0.542. The van der Waals surface area contributed by atoms with Crippen molar-refractivity contribution in [3.8, 4) is 5.95 Å². The summed E-state index contributed by atoms with van der Waals surface area (Å²) >= 11 is 0. The molecule has 1 aromatic carbocycles. The van der Waals surface area contributed by atoms with Gasteiger partial charge in [-0.15, -0.1) is 0 Å². The number of benzene rings is 1. The zero-order valence-electron chi connectivity index (χ0n) is 22.2. The molecule has 0 bridgehead atoms. The quantitative estimate of drug-likeness (QED) is 0.368. The number of aromatic nitrogens is 4. The standard InChI is InChI=1S/C20H25FN6O.2C2HF3O2/c1-12(2)17-15-4-3-5-16(21)18(15)27(24-17)20-23-19(28-25-20)13-6-8-26(9-7-13)14-10-22-11-14;2*3-2(4,5)1(6)7/h3-5,12-14,22H,6-11H2,1-2H3;2*(H,6,7). The fourth-order valence-corrected chi connectivity index (χ4v) is 4.24. The molecule has 0 atom stereocenters. The minimum Gasteiger partial charge on any atom is -0.475 e. The van der Waals surface area contributed by atoms with Crippen LogP contribution in [0.2, 0.25) is 0 Å². The third-order valence-corrected chi connectivity index (χ3v) is 6.49. The molecule has 0 unspecified atom stereocenters. The maximum Gasteiger partial charge on any atom is 0.490 e. The van der Waals surface area contributed by atoms with Crippen molar-refractivity contribution < 1.29 is 55.1 Å². The van der Waals surface area contributed by atoms with Crippen LogP contribution in [0.5, 0.6) is 0 Å². The SMILES string of the molecule is CC(C)c1nn(-c2noc(C3CCN(C4CNC4)CC3)n2)c2c(F)cccc12.O=C(O)C(F)(F)F.O=C(O)C(F)(F)F. The highest BCUT2D eigenvalue weighted by atomic mass is 19.4. The number of likely N-dealkylation sites (tertiary alicyclic amines) is 1. The van der Waals surface area contributed by atoms with Crippen LogP contribution in [0.1, 0.15) is 50.1 Å². The van der Waals surface area contributed by atoms with E-state index in [0.717, 1.165) is 50.1 Å². The van der Waals surface area contributed by atoms with Crippen LogP contribution in [0, 0.1) is 5.82 Å². The number of piperidine rings is 1. The molecule has 3 N–H and O–H groups in total. The summed E-state index contributed by atoms with van der Waals surface area (Å²) in [6.07, 6.45) is -8.16. The maximum atomic E-state index is 14.6. The van der Waals surface area contributed by atoms with Gasteiger partial charge in [0.15, 0.2) is 0 Å². The molecule has 42 heavy (non-hydrogen) atoms. The van der Waals surface area contributed by atoms with Crippen LogP contribution in [-0.2, 0) is 9.59 Å². The van der Waals surface area contributed by atoms with E-state index >= 15 is 0 Å². The second-order valence-electron chi connectivity index (χ2n) is 9.75. The molecule has 4 heterocycles. The Morgan fingerprint density at radius 3 is 2.02 bits per heavy atom. The Kier molecular flexibility index (Phi) is 10.1. The van der Waals surface area contributed by atoms with Gasteiger partial charge in [-0.2, -0.15) is 41.1 Å². The smallest absolute Gasteiger partial charge is 0.475 e. The molecule has 18 heteroatoms. The van der Waals surface area contributed by atoms with E-state index < -0.39 is 24.3 Å². The first-order chi connectivity index (χ1) is 19.5. The third-order valence-electron chi connectivity index (χ3n) is 6.49. The van der Waals surface area contributed by atoms with Crippen molar-refractivity contribution in [2.45, 2.75) is 56.9 Å². The summed E-state index contributed by atoms with van der Waals surface area (Å²) in [5.41, 5.74) is 1.24. The summed E-state index contributed by atoms with van der Waals surface area (Å²) < 4.78 is 85.1. The molecular weight excluding hydrogens is 585 g/mol. The van der Waals surface area contributed by atoms with Gasteiger partial charge in [-0.3, -0.25) is 4.90 Å². The predicted molar refractivity (Wildman–Crippen MR) is 131 cm³/mol. The Morgan fingerprint density at radius 2 is 1.57 bits per heavy atom. The van der Waals surface area contributed by atoms with Crippen molar-refractivity contribution in [3.05, 3.63) is 35.6 Å². The molecule has 2 saturated heterocycles. The fourth-order valence-electron chi connectivity index (χ4n) is 4.24. The highest BCUT2D eigenvalue weighted by molar-refractivity contribution is 5.84. The number of hydrogen-bond donors (Lipinski definition) is 3. The number of carboxylic acid groups (broad SMARTS) is 2. The van der Waals surface area contributed by atoms with Crippen LogP contribution >= 0.6 is 0 Å². The first-order valence-electron chi connectivity index (χ1n) is 12.6. The Labute approximate surface area is 233 Å². The van der Waals surface area contributed by atoms with E-state index in [2.05, 4.69) is 25.5 Å². The molecule has 11 nitrogen and oxygen atoms in total. The molecule has 232 valence electrons. The van der Waals surface area contributed by atoms with E-state index in [9.17, 15) is 30.7 Å². The summed E-state index contributed by atoms with van der Waals surface area (Å²) in [4.78, 5) is 24.9. The maximum absolute atomic E-state index is 14.6. The largest absolute Gasteiger partial charge is 0.490 e. The number of rotatable bonds is 4. The van der Waals surface area contributed by atoms with Gasteiger partial charge in [0.2, 0.25) is 5.89 Å². The van der Waals surface area contributed by atoms with Gasteiger partial charge in [0, 0.05) is 30.4 Å². The number of carbonyl (C=O) groups is 2. The lowest BCUT2D eigenvalue weighted by Gasteiger charge is -2.41. The van der Waals surface area contributed by atoms with Crippen molar-refractivity contribution in [2.75, 3.05) is 26.2 Å². The minimum atomic E-state index is -5.08. The summed E-state index contributed by atoms with van der Waals surface area (Å²) in [6.45, 7) is 8.36. The first kappa shape index (κ1) is 32.7. The average Bonchev–Trinajstić information content (AvgIpc) is 3.49. The monoisotopic (exact) mass is 612 g/mol. The highest BCUT2D eigenvalue weighted by Crippen LogP contribution is 2.31. The number of fused-ring (bicyclic) bond motifs is 1. The minimum absolute atomic E-state index is 0.169. The van der Waals surface area contributed by atoms with Crippen LogP contribution in [0.15, 0.2) is 22.7 Å². The molecule has 0 spiro atoms. The lowest BCUT2D eigenvalue weighted by molar-refractivity contribution is -0.193. The Morgan fingerprint density at radius 1 is 1.02 bits per heavy atom. The number of alkyl halides is 6. The topological polar surface area (TPSA) is 147 Å². The normalized spacial score (nSPS) is 16.8. The number of aliphatic carboxylic acids is 2.